The van der Waals surface area contributed by atoms with Gasteiger partial charge in [-0.15, -0.1) is 0 Å². The fourth-order valence-corrected chi connectivity index (χ4v) is 8.26. The SMILES string of the molecule is C=C1c2ccc3c(oc4ccccc43)c2N2C=CN(C)C2C2C1c1ccccc1N1c3nccnc3N(c3ccccc3)C21. The highest BCUT2D eigenvalue weighted by molar-refractivity contribution is 6.11. The van der Waals surface area contributed by atoms with Crippen LogP contribution >= 0.6 is 0 Å². The summed E-state index contributed by atoms with van der Waals surface area (Å²) in [5.41, 5.74) is 8.58. The van der Waals surface area contributed by atoms with Gasteiger partial charge in [0.05, 0.1) is 5.69 Å². The summed E-state index contributed by atoms with van der Waals surface area (Å²) >= 11 is 0. The number of nitrogens with zero attached hydrogens (tertiary/aromatic N) is 6. The second kappa shape index (κ2) is 8.51. The molecule has 4 aliphatic heterocycles. The van der Waals surface area contributed by atoms with Gasteiger partial charge in [-0.3, -0.25) is 0 Å². The summed E-state index contributed by atoms with van der Waals surface area (Å²) in [5.74, 6) is 1.80. The Morgan fingerprint density at radius 2 is 1.48 bits per heavy atom. The average Bonchev–Trinajstić information content (AvgIpc) is 3.73. The predicted molar refractivity (Wildman–Crippen MR) is 175 cm³/mol. The molecule has 0 N–H and O–H groups in total. The minimum absolute atomic E-state index is 0.0194. The summed E-state index contributed by atoms with van der Waals surface area (Å²) < 4.78 is 6.67. The topological polar surface area (TPSA) is 51.9 Å². The van der Waals surface area contributed by atoms with E-state index >= 15 is 0 Å². The van der Waals surface area contributed by atoms with Crippen LogP contribution in [0.3, 0.4) is 0 Å². The molecule has 0 amide bonds. The molecule has 6 heterocycles. The lowest BCUT2D eigenvalue weighted by atomic mass is 9.72. The smallest absolute Gasteiger partial charge is 0.178 e. The number of anilines is 5. The molecule has 0 saturated carbocycles. The first-order valence-corrected chi connectivity index (χ1v) is 15.1. The van der Waals surface area contributed by atoms with Crippen LogP contribution in [0.2, 0.25) is 0 Å². The number of rotatable bonds is 1. The standard InChI is InChI=1S/C37H28N6O/c1-22-24-16-17-26-25-12-7-9-15-29(25)44-33(26)32(24)41-21-20-40(2)36(41)31-30(22)27-13-6-8-14-28(27)43-35-34(38-18-19-39-35)42(37(31)43)23-10-4-3-5-11-23/h3-21,30-31,36-37H,1H2,2H3. The summed E-state index contributed by atoms with van der Waals surface area (Å²) in [5, 5.41) is 2.24. The zero-order chi connectivity index (χ0) is 29.1. The first-order chi connectivity index (χ1) is 21.7. The normalized spacial score (nSPS) is 22.9. The molecule has 0 aliphatic carbocycles. The summed E-state index contributed by atoms with van der Waals surface area (Å²) in [6.07, 6.45) is 7.86. The van der Waals surface area contributed by atoms with Crippen molar-refractivity contribution in [3.05, 3.63) is 133 Å². The van der Waals surface area contributed by atoms with E-state index in [9.17, 15) is 0 Å². The first-order valence-electron chi connectivity index (χ1n) is 15.1. The van der Waals surface area contributed by atoms with Gasteiger partial charge in [0.25, 0.3) is 0 Å². The molecule has 0 saturated heterocycles. The second-order valence-corrected chi connectivity index (χ2v) is 12.1. The number of furan rings is 1. The second-order valence-electron chi connectivity index (χ2n) is 12.1. The number of para-hydroxylation sites is 3. The molecule has 10 rings (SSSR count). The summed E-state index contributed by atoms with van der Waals surface area (Å²) in [6, 6.07) is 32.1. The van der Waals surface area contributed by atoms with Crippen molar-refractivity contribution in [2.24, 2.45) is 5.92 Å². The minimum atomic E-state index is -0.109. The van der Waals surface area contributed by atoms with Gasteiger partial charge < -0.3 is 24.0 Å². The van der Waals surface area contributed by atoms with E-state index in [4.69, 9.17) is 21.0 Å². The van der Waals surface area contributed by atoms with Gasteiger partial charge in [0.15, 0.2) is 17.2 Å². The van der Waals surface area contributed by atoms with Crippen LogP contribution < -0.4 is 14.7 Å². The Hall–Kier alpha value is -5.56. The van der Waals surface area contributed by atoms with Crippen LogP contribution in [0.4, 0.5) is 28.7 Å². The molecule has 4 unspecified atom stereocenters. The minimum Gasteiger partial charge on any atom is -0.454 e. The lowest BCUT2D eigenvalue weighted by Crippen LogP contribution is -2.58. The molecule has 7 nitrogen and oxygen atoms in total. The van der Waals surface area contributed by atoms with Crippen LogP contribution in [0.25, 0.3) is 27.5 Å². The lowest BCUT2D eigenvalue weighted by molar-refractivity contribution is 0.210. The monoisotopic (exact) mass is 572 g/mol. The third-order valence-corrected chi connectivity index (χ3v) is 9.95. The van der Waals surface area contributed by atoms with Crippen LogP contribution in [-0.4, -0.2) is 34.2 Å². The summed E-state index contributed by atoms with van der Waals surface area (Å²) in [6.45, 7) is 4.89. The Bertz CT molecular complexity index is 2190. The molecule has 0 bridgehead atoms. The number of benzene rings is 4. The van der Waals surface area contributed by atoms with Crippen LogP contribution in [0.15, 0.2) is 127 Å². The maximum Gasteiger partial charge on any atom is 0.178 e. The van der Waals surface area contributed by atoms with Crippen LogP contribution in [-0.2, 0) is 0 Å². The van der Waals surface area contributed by atoms with Crippen molar-refractivity contribution in [1.29, 1.82) is 0 Å². The Morgan fingerprint density at radius 3 is 2.34 bits per heavy atom. The number of fused-ring (bicyclic) bond motifs is 16. The van der Waals surface area contributed by atoms with E-state index in [2.05, 4.69) is 124 Å². The van der Waals surface area contributed by atoms with Crippen molar-refractivity contribution < 1.29 is 4.42 Å². The lowest BCUT2D eigenvalue weighted by Gasteiger charge is -2.50. The number of allylic oxidation sites excluding steroid dienone is 1. The van der Waals surface area contributed by atoms with E-state index in [-0.39, 0.29) is 24.2 Å². The zero-order valence-electron chi connectivity index (χ0n) is 24.1. The maximum absolute atomic E-state index is 6.67. The average molecular weight is 573 g/mol. The van der Waals surface area contributed by atoms with E-state index in [0.29, 0.717) is 0 Å². The molecule has 4 atom stereocenters. The van der Waals surface area contributed by atoms with Gasteiger partial charge >= 0.3 is 0 Å². The Balaban J connectivity index is 1.29. The molecule has 4 aliphatic rings. The molecule has 44 heavy (non-hydrogen) atoms. The van der Waals surface area contributed by atoms with Crippen molar-refractivity contribution in [3.63, 3.8) is 0 Å². The first kappa shape index (κ1) is 23.9. The molecule has 7 heteroatoms. The fourth-order valence-electron chi connectivity index (χ4n) is 8.26. The van der Waals surface area contributed by atoms with Gasteiger partial charge in [0, 0.05) is 71.4 Å². The molecular weight excluding hydrogens is 544 g/mol. The van der Waals surface area contributed by atoms with Crippen LogP contribution in [0.1, 0.15) is 17.0 Å². The van der Waals surface area contributed by atoms with Crippen molar-refractivity contribution in [1.82, 2.24) is 14.9 Å². The van der Waals surface area contributed by atoms with E-state index < -0.39 is 0 Å². The van der Waals surface area contributed by atoms with E-state index in [1.165, 1.54) is 5.56 Å². The summed E-state index contributed by atoms with van der Waals surface area (Å²) in [4.78, 5) is 19.5. The van der Waals surface area contributed by atoms with Crippen molar-refractivity contribution in [2.45, 2.75) is 18.2 Å². The number of hydrogen-bond acceptors (Lipinski definition) is 7. The molecule has 212 valence electrons. The van der Waals surface area contributed by atoms with Gasteiger partial charge in [-0.2, -0.15) is 0 Å². The molecular formula is C37H28N6O. The van der Waals surface area contributed by atoms with Gasteiger partial charge in [0.1, 0.15) is 17.9 Å². The predicted octanol–water partition coefficient (Wildman–Crippen LogP) is 7.98. The summed E-state index contributed by atoms with van der Waals surface area (Å²) in [7, 11) is 2.18. The van der Waals surface area contributed by atoms with Crippen LogP contribution in [0.5, 0.6) is 0 Å². The molecule has 6 aromatic rings. The Morgan fingerprint density at radius 1 is 0.727 bits per heavy atom. The highest BCUT2D eigenvalue weighted by Gasteiger charge is 2.58. The zero-order valence-corrected chi connectivity index (χ0v) is 24.1. The fraction of sp³-hybridized carbons (Fsp3) is 0.135. The highest BCUT2D eigenvalue weighted by atomic mass is 16.3. The van der Waals surface area contributed by atoms with E-state index in [1.54, 1.807) is 12.4 Å². The maximum atomic E-state index is 6.67. The molecule has 0 spiro atoms. The number of aromatic nitrogens is 2. The van der Waals surface area contributed by atoms with E-state index in [1.807, 2.05) is 6.07 Å². The third-order valence-electron chi connectivity index (χ3n) is 9.95. The van der Waals surface area contributed by atoms with Crippen molar-refractivity contribution in [3.8, 4) is 0 Å². The van der Waals surface area contributed by atoms with Crippen LogP contribution in [0, 0.1) is 5.92 Å². The Labute approximate surface area is 254 Å². The quantitative estimate of drug-likeness (QED) is 0.198. The number of hydrogen-bond donors (Lipinski definition) is 0. The van der Waals surface area contributed by atoms with Crippen molar-refractivity contribution in [2.75, 3.05) is 21.7 Å². The van der Waals surface area contributed by atoms with Gasteiger partial charge in [-0.25, -0.2) is 9.97 Å². The van der Waals surface area contributed by atoms with Gasteiger partial charge in [-0.05, 0) is 41.5 Å². The molecule has 2 aromatic heterocycles. The van der Waals surface area contributed by atoms with E-state index in [0.717, 1.165) is 61.8 Å². The molecule has 0 radical (unpaired) electrons. The molecule has 0 fully saturated rings. The van der Waals surface area contributed by atoms with Gasteiger partial charge in [-0.1, -0.05) is 67.2 Å². The molecule has 4 aromatic carbocycles. The Kier molecular flexibility index (Phi) is 4.63. The van der Waals surface area contributed by atoms with Crippen molar-refractivity contribution >= 4 is 56.2 Å². The highest BCUT2D eigenvalue weighted by Crippen LogP contribution is 2.61. The third kappa shape index (κ3) is 2.91. The van der Waals surface area contributed by atoms with Gasteiger partial charge in [0.2, 0.25) is 0 Å². The largest absolute Gasteiger partial charge is 0.454 e.